The summed E-state index contributed by atoms with van der Waals surface area (Å²) in [7, 11) is 2.07. The van der Waals surface area contributed by atoms with Crippen LogP contribution < -0.4 is 5.73 Å². The molecule has 0 fully saturated rings. The summed E-state index contributed by atoms with van der Waals surface area (Å²) in [6, 6.07) is 10.3. The fourth-order valence-corrected chi connectivity index (χ4v) is 1.75. The number of benzene rings is 1. The molecule has 0 aliphatic carbocycles. The van der Waals surface area contributed by atoms with Gasteiger partial charge in [0, 0.05) is 12.6 Å². The zero-order valence-electron chi connectivity index (χ0n) is 10.8. The van der Waals surface area contributed by atoms with Crippen molar-refractivity contribution >= 4 is 0 Å². The number of hydrogen-bond acceptors (Lipinski definition) is 3. The third-order valence-electron chi connectivity index (χ3n) is 2.98. The highest BCUT2D eigenvalue weighted by Gasteiger charge is 2.07. The molecule has 2 atom stereocenters. The zero-order chi connectivity index (χ0) is 12.7. The van der Waals surface area contributed by atoms with Crippen molar-refractivity contribution in [2.75, 3.05) is 20.1 Å². The van der Waals surface area contributed by atoms with Gasteiger partial charge in [-0.1, -0.05) is 30.3 Å². The van der Waals surface area contributed by atoms with Gasteiger partial charge in [0.05, 0.1) is 6.10 Å². The Morgan fingerprint density at radius 3 is 2.35 bits per heavy atom. The second kappa shape index (κ2) is 7.43. The Kier molecular flexibility index (Phi) is 6.19. The molecule has 0 aromatic heterocycles. The van der Waals surface area contributed by atoms with E-state index in [2.05, 4.69) is 24.1 Å². The van der Waals surface area contributed by atoms with Gasteiger partial charge in [-0.15, -0.1) is 0 Å². The summed E-state index contributed by atoms with van der Waals surface area (Å²) in [5.41, 5.74) is 7.31. The molecular formula is C14H24N2O. The number of rotatable bonds is 7. The van der Waals surface area contributed by atoms with E-state index in [0.29, 0.717) is 0 Å². The molecule has 0 spiro atoms. The fraction of sp³-hybridized carbons (Fsp3) is 0.571. The van der Waals surface area contributed by atoms with Gasteiger partial charge in [-0.05, 0) is 38.9 Å². The van der Waals surface area contributed by atoms with Crippen LogP contribution in [0.5, 0.6) is 0 Å². The van der Waals surface area contributed by atoms with Gasteiger partial charge >= 0.3 is 0 Å². The lowest BCUT2D eigenvalue weighted by atomic mass is 10.0. The first kappa shape index (κ1) is 14.2. The highest BCUT2D eigenvalue weighted by atomic mass is 16.3. The molecule has 0 radical (unpaired) electrons. The van der Waals surface area contributed by atoms with E-state index in [1.54, 1.807) is 0 Å². The van der Waals surface area contributed by atoms with Crippen molar-refractivity contribution in [1.29, 1.82) is 0 Å². The largest absolute Gasteiger partial charge is 0.393 e. The molecule has 17 heavy (non-hydrogen) atoms. The lowest BCUT2D eigenvalue weighted by molar-refractivity contribution is 0.163. The van der Waals surface area contributed by atoms with Crippen LogP contribution in [0.2, 0.25) is 0 Å². The average molecular weight is 236 g/mol. The molecule has 0 saturated carbocycles. The minimum Gasteiger partial charge on any atom is -0.393 e. The van der Waals surface area contributed by atoms with E-state index >= 15 is 0 Å². The Bertz CT molecular complexity index is 300. The predicted molar refractivity (Wildman–Crippen MR) is 71.8 cm³/mol. The van der Waals surface area contributed by atoms with Crippen LogP contribution in [0.25, 0.3) is 0 Å². The maximum atomic E-state index is 9.21. The minimum atomic E-state index is -0.222. The Hall–Kier alpha value is -0.900. The Morgan fingerprint density at radius 1 is 1.18 bits per heavy atom. The average Bonchev–Trinajstić information content (AvgIpc) is 2.34. The third kappa shape index (κ3) is 5.82. The molecule has 3 N–H and O–H groups in total. The van der Waals surface area contributed by atoms with E-state index in [0.717, 1.165) is 25.9 Å². The van der Waals surface area contributed by atoms with Gasteiger partial charge in [0.25, 0.3) is 0 Å². The zero-order valence-corrected chi connectivity index (χ0v) is 10.8. The predicted octanol–water partition coefficient (Wildman–Crippen LogP) is 1.78. The Labute approximate surface area is 104 Å². The standard InChI is InChI=1S/C14H24N2O/c1-12(17)8-10-16(2)11-9-14(15)13-6-4-3-5-7-13/h3-7,12,14,17H,8-11,15H2,1-2H3. The van der Waals surface area contributed by atoms with Crippen molar-refractivity contribution in [2.24, 2.45) is 5.73 Å². The maximum absolute atomic E-state index is 9.21. The molecule has 0 saturated heterocycles. The molecule has 1 aromatic carbocycles. The summed E-state index contributed by atoms with van der Waals surface area (Å²) in [6.45, 7) is 3.70. The summed E-state index contributed by atoms with van der Waals surface area (Å²) >= 11 is 0. The molecule has 0 heterocycles. The molecule has 2 unspecified atom stereocenters. The molecular weight excluding hydrogens is 212 g/mol. The van der Waals surface area contributed by atoms with Crippen LogP contribution in [-0.4, -0.2) is 36.2 Å². The quantitative estimate of drug-likeness (QED) is 0.758. The molecule has 0 bridgehead atoms. The number of aliphatic hydroxyl groups excluding tert-OH is 1. The summed E-state index contributed by atoms with van der Waals surface area (Å²) in [6.07, 6.45) is 1.54. The van der Waals surface area contributed by atoms with Crippen LogP contribution in [0.1, 0.15) is 31.4 Å². The lowest BCUT2D eigenvalue weighted by Crippen LogP contribution is -2.26. The van der Waals surface area contributed by atoms with Crippen LogP contribution in [-0.2, 0) is 0 Å². The normalized spacial score (nSPS) is 14.9. The topological polar surface area (TPSA) is 49.5 Å². The summed E-state index contributed by atoms with van der Waals surface area (Å²) in [5.74, 6) is 0. The lowest BCUT2D eigenvalue weighted by Gasteiger charge is -2.20. The van der Waals surface area contributed by atoms with Gasteiger partial charge in [-0.2, -0.15) is 0 Å². The van der Waals surface area contributed by atoms with Gasteiger partial charge in [-0.3, -0.25) is 0 Å². The third-order valence-corrected chi connectivity index (χ3v) is 2.98. The smallest absolute Gasteiger partial charge is 0.0524 e. The van der Waals surface area contributed by atoms with E-state index in [4.69, 9.17) is 5.73 Å². The molecule has 96 valence electrons. The van der Waals surface area contributed by atoms with E-state index in [1.807, 2.05) is 25.1 Å². The Morgan fingerprint density at radius 2 is 1.76 bits per heavy atom. The molecule has 0 aliphatic rings. The first-order valence-electron chi connectivity index (χ1n) is 6.26. The van der Waals surface area contributed by atoms with Gasteiger partial charge < -0.3 is 15.7 Å². The van der Waals surface area contributed by atoms with E-state index in [-0.39, 0.29) is 12.1 Å². The van der Waals surface area contributed by atoms with Crippen LogP contribution in [0.3, 0.4) is 0 Å². The van der Waals surface area contributed by atoms with E-state index in [1.165, 1.54) is 5.56 Å². The first-order chi connectivity index (χ1) is 8.09. The van der Waals surface area contributed by atoms with Crippen LogP contribution in [0.4, 0.5) is 0 Å². The van der Waals surface area contributed by atoms with Crippen molar-refractivity contribution < 1.29 is 5.11 Å². The maximum Gasteiger partial charge on any atom is 0.0524 e. The van der Waals surface area contributed by atoms with Gasteiger partial charge in [-0.25, -0.2) is 0 Å². The second-order valence-corrected chi connectivity index (χ2v) is 4.75. The highest BCUT2D eigenvalue weighted by molar-refractivity contribution is 5.18. The first-order valence-corrected chi connectivity index (χ1v) is 6.26. The SMILES string of the molecule is CC(O)CCN(C)CCC(N)c1ccccc1. The highest BCUT2D eigenvalue weighted by Crippen LogP contribution is 2.13. The molecule has 1 rings (SSSR count). The molecule has 3 nitrogen and oxygen atoms in total. The van der Waals surface area contributed by atoms with E-state index < -0.39 is 0 Å². The molecule has 3 heteroatoms. The van der Waals surface area contributed by atoms with Crippen molar-refractivity contribution in [3.05, 3.63) is 35.9 Å². The summed E-state index contributed by atoms with van der Waals surface area (Å²) in [4.78, 5) is 2.22. The van der Waals surface area contributed by atoms with Gasteiger partial charge in [0.1, 0.15) is 0 Å². The summed E-state index contributed by atoms with van der Waals surface area (Å²) < 4.78 is 0. The van der Waals surface area contributed by atoms with Crippen LogP contribution in [0, 0.1) is 0 Å². The second-order valence-electron chi connectivity index (χ2n) is 4.75. The summed E-state index contributed by atoms with van der Waals surface area (Å²) in [5, 5.41) is 9.21. The van der Waals surface area contributed by atoms with E-state index in [9.17, 15) is 5.11 Å². The van der Waals surface area contributed by atoms with Gasteiger partial charge in [0.15, 0.2) is 0 Å². The van der Waals surface area contributed by atoms with Crippen LogP contribution in [0.15, 0.2) is 30.3 Å². The fourth-order valence-electron chi connectivity index (χ4n) is 1.75. The van der Waals surface area contributed by atoms with Crippen molar-refractivity contribution in [3.8, 4) is 0 Å². The molecule has 1 aromatic rings. The Balaban J connectivity index is 2.26. The minimum absolute atomic E-state index is 0.102. The number of nitrogens with two attached hydrogens (primary N) is 1. The number of hydrogen-bond donors (Lipinski definition) is 2. The number of aliphatic hydroxyl groups is 1. The van der Waals surface area contributed by atoms with Crippen molar-refractivity contribution in [3.63, 3.8) is 0 Å². The number of nitrogens with zero attached hydrogens (tertiary/aromatic N) is 1. The van der Waals surface area contributed by atoms with Crippen molar-refractivity contribution in [1.82, 2.24) is 4.90 Å². The van der Waals surface area contributed by atoms with Crippen molar-refractivity contribution in [2.45, 2.75) is 31.9 Å². The van der Waals surface area contributed by atoms with Crippen LogP contribution >= 0.6 is 0 Å². The molecule has 0 amide bonds. The molecule has 0 aliphatic heterocycles. The monoisotopic (exact) mass is 236 g/mol. The van der Waals surface area contributed by atoms with Gasteiger partial charge in [0.2, 0.25) is 0 Å².